The van der Waals surface area contributed by atoms with Crippen LogP contribution < -0.4 is 14.8 Å². The third kappa shape index (κ3) is 5.96. The maximum absolute atomic E-state index is 12.9. The van der Waals surface area contributed by atoms with E-state index in [9.17, 15) is 13.2 Å². The van der Waals surface area contributed by atoms with Gasteiger partial charge in [-0.1, -0.05) is 18.9 Å². The van der Waals surface area contributed by atoms with E-state index in [1.165, 1.54) is 10.4 Å². The highest BCUT2D eigenvalue weighted by molar-refractivity contribution is 7.89. The van der Waals surface area contributed by atoms with Crippen molar-refractivity contribution >= 4 is 21.6 Å². The van der Waals surface area contributed by atoms with Gasteiger partial charge in [0, 0.05) is 18.8 Å². The summed E-state index contributed by atoms with van der Waals surface area (Å²) in [6.45, 7) is 3.37. The maximum Gasteiger partial charge on any atom is 0.262 e. The van der Waals surface area contributed by atoms with Gasteiger partial charge in [0.25, 0.3) is 5.91 Å². The minimum absolute atomic E-state index is 0.183. The van der Waals surface area contributed by atoms with Crippen LogP contribution in [0.3, 0.4) is 0 Å². The summed E-state index contributed by atoms with van der Waals surface area (Å²) >= 11 is 0. The van der Waals surface area contributed by atoms with Crippen molar-refractivity contribution in [1.82, 2.24) is 4.31 Å². The number of benzene rings is 2. The molecule has 1 amide bonds. The van der Waals surface area contributed by atoms with E-state index in [0.717, 1.165) is 31.4 Å². The van der Waals surface area contributed by atoms with Crippen LogP contribution >= 0.6 is 0 Å². The molecule has 1 aliphatic rings. The lowest BCUT2D eigenvalue weighted by molar-refractivity contribution is -0.118. The van der Waals surface area contributed by atoms with E-state index in [1.54, 1.807) is 42.5 Å². The largest absolute Gasteiger partial charge is 0.494 e. The van der Waals surface area contributed by atoms with Crippen molar-refractivity contribution in [3.8, 4) is 11.5 Å². The van der Waals surface area contributed by atoms with Gasteiger partial charge in [-0.2, -0.15) is 4.31 Å². The predicted molar refractivity (Wildman–Crippen MR) is 115 cm³/mol. The van der Waals surface area contributed by atoms with E-state index >= 15 is 0 Å². The van der Waals surface area contributed by atoms with Gasteiger partial charge in [0.1, 0.15) is 11.5 Å². The molecular weight excluding hydrogens is 404 g/mol. The van der Waals surface area contributed by atoms with Crippen LogP contribution in [0.2, 0.25) is 0 Å². The zero-order chi connectivity index (χ0) is 21.4. The lowest BCUT2D eigenvalue weighted by atomic mass is 10.2. The number of carbonyl (C=O) groups is 1. The molecule has 8 heteroatoms. The van der Waals surface area contributed by atoms with Gasteiger partial charge in [0.15, 0.2) is 6.61 Å². The molecule has 1 aliphatic heterocycles. The molecule has 0 bridgehead atoms. The minimum Gasteiger partial charge on any atom is -0.494 e. The first-order chi connectivity index (χ1) is 14.5. The molecule has 0 aromatic heterocycles. The fraction of sp³-hybridized carbons (Fsp3) is 0.409. The van der Waals surface area contributed by atoms with E-state index in [-0.39, 0.29) is 17.4 Å². The Morgan fingerprint density at radius 1 is 0.967 bits per heavy atom. The summed E-state index contributed by atoms with van der Waals surface area (Å²) in [4.78, 5) is 12.4. The summed E-state index contributed by atoms with van der Waals surface area (Å²) < 4.78 is 38.3. The van der Waals surface area contributed by atoms with Crippen molar-refractivity contribution in [1.29, 1.82) is 0 Å². The van der Waals surface area contributed by atoms with Gasteiger partial charge < -0.3 is 14.8 Å². The van der Waals surface area contributed by atoms with Crippen LogP contribution in [0, 0.1) is 0 Å². The number of hydrogen-bond donors (Lipinski definition) is 1. The predicted octanol–water partition coefficient (Wildman–Crippen LogP) is 3.67. The molecule has 162 valence electrons. The molecule has 7 nitrogen and oxygen atoms in total. The quantitative estimate of drug-likeness (QED) is 0.688. The van der Waals surface area contributed by atoms with Crippen LogP contribution in [-0.4, -0.2) is 44.9 Å². The number of nitrogens with zero attached hydrogens (tertiary/aromatic N) is 1. The number of rotatable bonds is 8. The average molecular weight is 433 g/mol. The molecular formula is C22H28N2O5S. The number of nitrogens with one attached hydrogen (secondary N) is 1. The van der Waals surface area contributed by atoms with E-state index in [2.05, 4.69) is 5.32 Å². The van der Waals surface area contributed by atoms with E-state index in [0.29, 0.717) is 31.1 Å². The van der Waals surface area contributed by atoms with Gasteiger partial charge in [-0.05, 0) is 62.2 Å². The molecule has 1 heterocycles. The second-order valence-electron chi connectivity index (χ2n) is 7.09. The Morgan fingerprint density at radius 2 is 1.60 bits per heavy atom. The van der Waals surface area contributed by atoms with Gasteiger partial charge in [-0.3, -0.25) is 4.79 Å². The van der Waals surface area contributed by atoms with Gasteiger partial charge >= 0.3 is 0 Å². The van der Waals surface area contributed by atoms with Crippen molar-refractivity contribution in [3.63, 3.8) is 0 Å². The van der Waals surface area contributed by atoms with Crippen molar-refractivity contribution in [2.45, 2.75) is 37.5 Å². The molecule has 2 aromatic rings. The molecule has 0 unspecified atom stereocenters. The van der Waals surface area contributed by atoms with Crippen molar-refractivity contribution in [3.05, 3.63) is 48.5 Å². The summed E-state index contributed by atoms with van der Waals surface area (Å²) in [5.41, 5.74) is 0.422. The molecule has 0 spiro atoms. The summed E-state index contributed by atoms with van der Waals surface area (Å²) in [6.07, 6.45) is 3.85. The number of hydrogen-bond acceptors (Lipinski definition) is 5. The maximum atomic E-state index is 12.9. The van der Waals surface area contributed by atoms with E-state index in [4.69, 9.17) is 9.47 Å². The Hall–Kier alpha value is -2.58. The molecule has 1 fully saturated rings. The molecule has 1 saturated heterocycles. The molecule has 0 saturated carbocycles. The third-order valence-electron chi connectivity index (χ3n) is 4.83. The van der Waals surface area contributed by atoms with E-state index < -0.39 is 10.0 Å². The Kier molecular flexibility index (Phi) is 7.70. The monoisotopic (exact) mass is 432 g/mol. The van der Waals surface area contributed by atoms with Gasteiger partial charge in [0.05, 0.1) is 11.5 Å². The molecule has 3 rings (SSSR count). The molecule has 0 radical (unpaired) electrons. The normalized spacial score (nSPS) is 15.2. The van der Waals surface area contributed by atoms with Crippen LogP contribution in [0.4, 0.5) is 5.69 Å². The molecule has 2 aromatic carbocycles. The number of anilines is 1. The Balaban J connectivity index is 1.59. The Bertz CT molecular complexity index is 936. The number of carbonyl (C=O) groups excluding carboxylic acids is 1. The number of amides is 1. The van der Waals surface area contributed by atoms with Crippen molar-refractivity contribution in [2.24, 2.45) is 0 Å². The average Bonchev–Trinajstić information content (AvgIpc) is 3.04. The first kappa shape index (κ1) is 22.1. The fourth-order valence-corrected chi connectivity index (χ4v) is 4.87. The zero-order valence-electron chi connectivity index (χ0n) is 17.2. The summed E-state index contributed by atoms with van der Waals surface area (Å²) in [5, 5.41) is 2.70. The van der Waals surface area contributed by atoms with Crippen LogP contribution in [0.5, 0.6) is 11.5 Å². The van der Waals surface area contributed by atoms with Gasteiger partial charge in [-0.25, -0.2) is 8.42 Å². The van der Waals surface area contributed by atoms with Crippen molar-refractivity contribution < 1.29 is 22.7 Å². The molecule has 1 N–H and O–H groups in total. The molecule has 0 atom stereocenters. The summed E-state index contributed by atoms with van der Waals surface area (Å²) in [6, 6.07) is 13.4. The topological polar surface area (TPSA) is 84.9 Å². The summed E-state index contributed by atoms with van der Waals surface area (Å²) in [7, 11) is -3.57. The third-order valence-corrected chi connectivity index (χ3v) is 6.72. The van der Waals surface area contributed by atoms with Gasteiger partial charge in [0.2, 0.25) is 10.0 Å². The van der Waals surface area contributed by atoms with Gasteiger partial charge in [-0.15, -0.1) is 0 Å². The fourth-order valence-electron chi connectivity index (χ4n) is 3.31. The second-order valence-corrected chi connectivity index (χ2v) is 9.03. The second kappa shape index (κ2) is 10.4. The van der Waals surface area contributed by atoms with Crippen LogP contribution in [0.25, 0.3) is 0 Å². The first-order valence-electron chi connectivity index (χ1n) is 10.2. The summed E-state index contributed by atoms with van der Waals surface area (Å²) in [5.74, 6) is 0.913. The minimum atomic E-state index is -3.57. The van der Waals surface area contributed by atoms with Crippen LogP contribution in [0.1, 0.15) is 32.6 Å². The van der Waals surface area contributed by atoms with Crippen LogP contribution in [0.15, 0.2) is 53.4 Å². The molecule has 0 aliphatic carbocycles. The van der Waals surface area contributed by atoms with E-state index in [1.807, 2.05) is 6.92 Å². The zero-order valence-corrected chi connectivity index (χ0v) is 18.0. The Labute approximate surface area is 178 Å². The SMILES string of the molecule is CCOc1ccc(OCC(=O)Nc2cccc(S(=O)(=O)N3CCCCCC3)c2)cc1. The van der Waals surface area contributed by atoms with Crippen LogP contribution in [-0.2, 0) is 14.8 Å². The lowest BCUT2D eigenvalue weighted by Crippen LogP contribution is -2.32. The highest BCUT2D eigenvalue weighted by Gasteiger charge is 2.25. The highest BCUT2D eigenvalue weighted by atomic mass is 32.2. The number of sulfonamides is 1. The molecule has 30 heavy (non-hydrogen) atoms. The standard InChI is InChI=1S/C22H28N2O5S/c1-2-28-19-10-12-20(13-11-19)29-17-22(25)23-18-8-7-9-21(16-18)30(26,27)24-14-5-3-4-6-15-24/h7-13,16H,2-6,14-15,17H2,1H3,(H,23,25). The first-order valence-corrected chi connectivity index (χ1v) is 11.7. The lowest BCUT2D eigenvalue weighted by Gasteiger charge is -2.20. The van der Waals surface area contributed by atoms with Crippen molar-refractivity contribution in [2.75, 3.05) is 31.6 Å². The highest BCUT2D eigenvalue weighted by Crippen LogP contribution is 2.23. The smallest absolute Gasteiger partial charge is 0.262 e. The number of ether oxygens (including phenoxy) is 2. The Morgan fingerprint density at radius 3 is 2.23 bits per heavy atom.